The second-order valence-electron chi connectivity index (χ2n) is 30.6. The van der Waals surface area contributed by atoms with Crippen LogP contribution in [0.25, 0.3) is 71.1 Å². The van der Waals surface area contributed by atoms with Gasteiger partial charge in [0, 0.05) is 167 Å². The van der Waals surface area contributed by atoms with Crippen molar-refractivity contribution >= 4 is 112 Å². The number of hydrogen-bond donors (Lipinski definition) is 3. The van der Waals surface area contributed by atoms with Crippen molar-refractivity contribution in [2.75, 3.05) is 43.9 Å². The Morgan fingerprint density at radius 2 is 0.925 bits per heavy atom. The van der Waals surface area contributed by atoms with Gasteiger partial charge in [-0.1, -0.05) is 54.6 Å². The second-order valence-corrected chi connectivity index (χ2v) is 30.6. The van der Waals surface area contributed by atoms with Gasteiger partial charge in [0.05, 0.1) is 100.0 Å². The lowest BCUT2D eigenvalue weighted by atomic mass is 10.1. The summed E-state index contributed by atoms with van der Waals surface area (Å²) in [5, 5.41) is 72.0. The van der Waals surface area contributed by atoms with Gasteiger partial charge in [-0.3, -0.25) is 29.8 Å². The van der Waals surface area contributed by atoms with Crippen molar-refractivity contribution in [3.05, 3.63) is 323 Å². The number of rotatable bonds is 22. The molecule has 0 aliphatic heterocycles. The summed E-state index contributed by atoms with van der Waals surface area (Å²) in [4.78, 5) is 55.0. The van der Waals surface area contributed by atoms with Gasteiger partial charge in [0.1, 0.15) is 82.7 Å². The van der Waals surface area contributed by atoms with Crippen molar-refractivity contribution < 1.29 is 52.5 Å². The second kappa shape index (κ2) is 44.2. The Kier molecular flexibility index (Phi) is 31.4. The minimum absolute atomic E-state index is 0.0553. The Hall–Kier alpha value is -17.6. The predicted molar refractivity (Wildman–Crippen MR) is 514 cm³/mol. The number of ether oxygens (including phenoxy) is 7. The first-order chi connectivity index (χ1) is 64.4. The normalized spacial score (nSPS) is 10.6. The van der Waals surface area contributed by atoms with E-state index < -0.39 is 16.6 Å². The minimum Gasteiger partial charge on any atom is -0.497 e. The van der Waals surface area contributed by atoms with E-state index in [-0.39, 0.29) is 17.6 Å². The lowest BCUT2D eigenvalue weighted by Gasteiger charge is -2.19. The third kappa shape index (κ3) is 22.9. The molecule has 0 aliphatic carbocycles. The molecule has 17 rings (SSSR count). The van der Waals surface area contributed by atoms with Crippen LogP contribution in [0.4, 0.5) is 33.4 Å². The van der Waals surface area contributed by atoms with E-state index in [4.69, 9.17) is 43.7 Å². The average Bonchev–Trinajstić information content (AvgIpc) is 1.59. The number of aryl methyl sites for hydroxylation is 5. The number of anilines is 4. The number of carbonyl (C=O) groups is 3. The van der Waals surface area contributed by atoms with Crippen molar-refractivity contribution in [2.45, 2.75) is 107 Å². The summed E-state index contributed by atoms with van der Waals surface area (Å²) in [5.74, 6) is 4.18. The molecule has 0 spiro atoms. The molecule has 0 unspecified atom stereocenters. The lowest BCUT2D eigenvalue weighted by molar-refractivity contribution is -0.384. The number of carbonyl (C=O) groups excluding carboxylic acids is 3. The van der Waals surface area contributed by atoms with Crippen LogP contribution < -0.4 is 39.6 Å². The molecule has 0 atom stereocenters. The molecular weight excluding hydrogens is 1680 g/mol. The van der Waals surface area contributed by atoms with Crippen molar-refractivity contribution in [1.29, 1.82) is 26.3 Å². The molecule has 0 radical (unpaired) electrons. The standard InChI is InChI=1S/C23H18N4O4.C18H15N3O.C18H16N2O.C16H19N3O2.C15H12N4O.C14H17NO3/c1-30-18-8-3-15(4-9-18)25-23-21(14-24)20-12-7-17(27(28)29)13-22(20)26(23)16-5-10-19(31-2)11-6-16;1-2-21-12-14(11-19)16-9-8-13(10-17(16)21)18(22)20-15-6-4-3-5-7-15;1-2-20-12-15(11-19)17-9-8-16(10-18(17)20)21-13-14-6-4-3-5-7-14;1-5-19-10-11(9-17)13-7-6-12(8-14(13)19)18-15(20)21-16(2,3)4;1-2-19-10-11(8-16)13-4-3-12(7-14(13)19)20-15-9-17-5-6-18-15;1-4-15-9-12(14(16)18-5-2)11-7-6-10(17-3)8-13(11)15/h3-13,25H,1-2H3;3-10,12H,2H2,1H3,(H,20,22);3-10,12H,2,13H2,1H3;6-8,10H,5H2,1-4H3,(H,18,20);3-7,9-10H,2H2,1H3;6-9H,4-5H2,1-3H3. The number of nitro groups is 1. The Morgan fingerprint density at radius 3 is 1.44 bits per heavy atom. The number of benzene rings is 10. The van der Waals surface area contributed by atoms with Crippen LogP contribution in [-0.4, -0.2) is 93.8 Å². The first-order valence-corrected chi connectivity index (χ1v) is 42.7. The Labute approximate surface area is 768 Å². The topological polar surface area (TPSA) is 369 Å². The number of fused-ring (bicyclic) bond motifs is 6. The number of esters is 1. The van der Waals surface area contributed by atoms with Gasteiger partial charge in [-0.05, 0) is 201 Å². The highest BCUT2D eigenvalue weighted by Crippen LogP contribution is 2.39. The van der Waals surface area contributed by atoms with E-state index in [9.17, 15) is 40.3 Å². The maximum Gasteiger partial charge on any atom is 0.412 e. The number of nitrogens with one attached hydrogen (secondary N) is 3. The summed E-state index contributed by atoms with van der Waals surface area (Å²) in [6.07, 6.45) is 13.5. The predicted octanol–water partition coefficient (Wildman–Crippen LogP) is 22.9. The number of methoxy groups -OCH3 is 3. The number of nitriles is 5. The summed E-state index contributed by atoms with van der Waals surface area (Å²) >= 11 is 0. The van der Waals surface area contributed by atoms with E-state index in [1.54, 1.807) is 93.9 Å². The van der Waals surface area contributed by atoms with Gasteiger partial charge in [0.25, 0.3) is 11.6 Å². The number of nitrogens with zero attached hydrogens (tertiary/aromatic N) is 14. The highest BCUT2D eigenvalue weighted by Gasteiger charge is 2.24. The summed E-state index contributed by atoms with van der Waals surface area (Å²) in [7, 11) is 4.80. The maximum absolute atomic E-state index is 12.3. The molecule has 133 heavy (non-hydrogen) atoms. The maximum atomic E-state index is 12.3. The zero-order valence-electron chi connectivity index (χ0n) is 75.5. The summed E-state index contributed by atoms with van der Waals surface area (Å²) in [6, 6.07) is 77.6. The Bertz CT molecular complexity index is 7260. The summed E-state index contributed by atoms with van der Waals surface area (Å²) in [6.45, 7) is 22.3. The fourth-order valence-electron chi connectivity index (χ4n) is 14.7. The van der Waals surface area contributed by atoms with Gasteiger partial charge in [0.2, 0.25) is 5.88 Å². The zero-order valence-corrected chi connectivity index (χ0v) is 75.5. The van der Waals surface area contributed by atoms with Crippen LogP contribution in [0.2, 0.25) is 0 Å². The van der Waals surface area contributed by atoms with Crippen LogP contribution in [0.15, 0.2) is 268 Å². The molecular formula is C104H97N17O12. The van der Waals surface area contributed by atoms with Gasteiger partial charge in [-0.25, -0.2) is 14.6 Å². The van der Waals surface area contributed by atoms with Gasteiger partial charge in [-0.2, -0.15) is 26.3 Å². The van der Waals surface area contributed by atoms with Crippen LogP contribution in [0.1, 0.15) is 116 Å². The van der Waals surface area contributed by atoms with Crippen LogP contribution in [-0.2, 0) is 48.8 Å². The molecule has 0 fully saturated rings. The molecule has 7 aromatic heterocycles. The molecule has 670 valence electrons. The van der Waals surface area contributed by atoms with E-state index in [0.717, 1.165) is 121 Å². The number of aromatic nitrogens is 8. The third-order valence-electron chi connectivity index (χ3n) is 21.1. The molecule has 17 aromatic rings. The summed E-state index contributed by atoms with van der Waals surface area (Å²) in [5.41, 5.74) is 13.0. The molecule has 0 saturated carbocycles. The molecule has 0 aliphatic rings. The smallest absolute Gasteiger partial charge is 0.412 e. The molecule has 3 N–H and O–H groups in total. The molecule has 0 bridgehead atoms. The highest BCUT2D eigenvalue weighted by molar-refractivity contribution is 6.07. The van der Waals surface area contributed by atoms with E-state index >= 15 is 0 Å². The number of para-hydroxylation sites is 1. The van der Waals surface area contributed by atoms with Crippen molar-refractivity contribution in [1.82, 2.24) is 37.4 Å². The largest absolute Gasteiger partial charge is 0.497 e. The van der Waals surface area contributed by atoms with Gasteiger partial charge >= 0.3 is 12.1 Å². The monoisotopic (exact) mass is 1780 g/mol. The summed E-state index contributed by atoms with van der Waals surface area (Å²) < 4.78 is 49.3. The van der Waals surface area contributed by atoms with Gasteiger partial charge < -0.3 is 66.6 Å². The average molecular weight is 1780 g/mol. The molecule has 2 amide bonds. The molecule has 29 nitrogen and oxygen atoms in total. The number of amides is 2. The highest BCUT2D eigenvalue weighted by atomic mass is 16.6. The molecule has 7 heterocycles. The van der Waals surface area contributed by atoms with Crippen molar-refractivity contribution in [3.63, 3.8) is 0 Å². The van der Waals surface area contributed by atoms with E-state index in [1.807, 2.05) is 262 Å². The minimum atomic E-state index is -0.536. The van der Waals surface area contributed by atoms with E-state index in [0.29, 0.717) is 97.7 Å². The third-order valence-corrected chi connectivity index (χ3v) is 21.1. The van der Waals surface area contributed by atoms with E-state index in [2.05, 4.69) is 67.8 Å². The first-order valence-electron chi connectivity index (χ1n) is 42.7. The van der Waals surface area contributed by atoms with Crippen LogP contribution in [0.3, 0.4) is 0 Å². The van der Waals surface area contributed by atoms with E-state index in [1.165, 1.54) is 12.1 Å². The number of hydrogen-bond acceptors (Lipinski definition) is 20. The SMILES string of the molecule is CCOC(=O)c1cn(CC)c2cc(OC)ccc12.CCn1cc(C#N)c2ccc(C(=O)Nc3ccccc3)cc21.CCn1cc(C#N)c2ccc(NC(=O)OC(C)(C)C)cc21.CCn1cc(C#N)c2ccc(OCc3ccccc3)cc21.CCn1cc(C#N)c2ccc(Oc3cnccn3)cc21.COc1ccc(Nc2c(C#N)c3ccc([N+](=O)[O-])cc3n2-c2ccc(OC)cc2)cc1. The molecule has 0 saturated heterocycles. The lowest BCUT2D eigenvalue weighted by Crippen LogP contribution is -2.27. The fourth-order valence-corrected chi connectivity index (χ4v) is 14.7. The Balaban J connectivity index is 0.000000145. The van der Waals surface area contributed by atoms with Gasteiger partial charge in [0.15, 0.2) is 0 Å². The van der Waals surface area contributed by atoms with Crippen molar-refractivity contribution in [2.24, 2.45) is 0 Å². The number of nitro benzene ring substituents is 1. The van der Waals surface area contributed by atoms with Crippen LogP contribution in [0, 0.1) is 66.8 Å². The van der Waals surface area contributed by atoms with Crippen molar-refractivity contribution in [3.8, 4) is 70.7 Å². The number of non-ortho nitro benzene ring substituents is 1. The van der Waals surface area contributed by atoms with Gasteiger partial charge in [-0.15, -0.1) is 0 Å². The fraction of sp³-hybridized carbons (Fsp3) is 0.192. The van der Waals surface area contributed by atoms with Crippen LogP contribution >= 0.6 is 0 Å². The molecule has 29 heteroatoms. The zero-order chi connectivity index (χ0) is 94.8. The van der Waals surface area contributed by atoms with Crippen LogP contribution in [0.5, 0.6) is 34.6 Å². The quantitative estimate of drug-likeness (QED) is 0.0322. The molecule has 10 aromatic carbocycles. The first kappa shape index (κ1) is 94.5. The Morgan fingerprint density at radius 1 is 0.459 bits per heavy atom.